The number of carbonyl (C=O) groups excluding carboxylic acids is 1. The van der Waals surface area contributed by atoms with Crippen molar-refractivity contribution in [3.05, 3.63) is 0 Å². The van der Waals surface area contributed by atoms with Gasteiger partial charge in [0.1, 0.15) is 0 Å². The Hall–Kier alpha value is -0.570. The highest BCUT2D eigenvalue weighted by atomic mass is 16.2. The molecule has 1 amide bonds. The summed E-state index contributed by atoms with van der Waals surface area (Å²) in [5.74, 6) is 0.415. The van der Waals surface area contributed by atoms with E-state index in [9.17, 15) is 4.79 Å². The van der Waals surface area contributed by atoms with Crippen molar-refractivity contribution in [1.82, 2.24) is 10.2 Å². The number of piperazine rings is 1. The largest absolute Gasteiger partial charge is 0.340 e. The highest BCUT2D eigenvalue weighted by Gasteiger charge is 2.21. The van der Waals surface area contributed by atoms with Gasteiger partial charge in [0.15, 0.2) is 0 Å². The van der Waals surface area contributed by atoms with Gasteiger partial charge in [-0.05, 0) is 6.92 Å². The number of hydrogen-bond donors (Lipinski definition) is 1. The molecule has 0 saturated carbocycles. The molecule has 0 aliphatic carbocycles. The minimum atomic E-state index is 0.135. The van der Waals surface area contributed by atoms with Crippen LogP contribution in [-0.2, 0) is 4.79 Å². The van der Waals surface area contributed by atoms with Gasteiger partial charge in [0.2, 0.25) is 5.91 Å². The van der Waals surface area contributed by atoms with Gasteiger partial charge in [-0.1, -0.05) is 13.8 Å². The van der Waals surface area contributed by atoms with Crippen LogP contribution in [0.3, 0.4) is 0 Å². The van der Waals surface area contributed by atoms with Gasteiger partial charge in [0.05, 0.1) is 0 Å². The van der Waals surface area contributed by atoms with Crippen LogP contribution in [0.25, 0.3) is 0 Å². The molecule has 1 aliphatic rings. The van der Waals surface area contributed by atoms with E-state index in [4.69, 9.17) is 0 Å². The Morgan fingerprint density at radius 1 is 1.58 bits per heavy atom. The van der Waals surface area contributed by atoms with Crippen molar-refractivity contribution in [2.24, 2.45) is 5.92 Å². The van der Waals surface area contributed by atoms with Crippen molar-refractivity contribution in [3.63, 3.8) is 0 Å². The Kier molecular flexibility index (Phi) is 3.09. The second-order valence-corrected chi connectivity index (χ2v) is 3.79. The number of amides is 1. The summed E-state index contributed by atoms with van der Waals surface area (Å²) in [6.45, 7) is 8.67. The van der Waals surface area contributed by atoms with Gasteiger partial charge in [0.25, 0.3) is 0 Å². The van der Waals surface area contributed by atoms with Crippen LogP contribution in [0.5, 0.6) is 0 Å². The van der Waals surface area contributed by atoms with Crippen molar-refractivity contribution in [1.29, 1.82) is 0 Å². The standard InChI is InChI=1S/C9H18N2O/c1-7(2)9(12)11-5-4-10-8(3)6-11/h7-8,10H,4-6H2,1-3H3/t8-/m1/s1. The van der Waals surface area contributed by atoms with E-state index in [1.165, 1.54) is 0 Å². The lowest BCUT2D eigenvalue weighted by atomic mass is 10.1. The highest BCUT2D eigenvalue weighted by Crippen LogP contribution is 2.04. The molecule has 1 heterocycles. The quantitative estimate of drug-likeness (QED) is 0.620. The fourth-order valence-corrected chi connectivity index (χ4v) is 1.50. The maximum atomic E-state index is 11.5. The average Bonchev–Trinajstić information content (AvgIpc) is 2.03. The van der Waals surface area contributed by atoms with Crippen LogP contribution in [0.1, 0.15) is 20.8 Å². The molecular formula is C9H18N2O. The third-order valence-electron chi connectivity index (χ3n) is 2.17. The molecule has 0 spiro atoms. The van der Waals surface area contributed by atoms with E-state index in [1.54, 1.807) is 0 Å². The summed E-state index contributed by atoms with van der Waals surface area (Å²) in [6.07, 6.45) is 0. The molecule has 1 N–H and O–H groups in total. The van der Waals surface area contributed by atoms with E-state index in [0.29, 0.717) is 6.04 Å². The summed E-state index contributed by atoms with van der Waals surface area (Å²) in [5, 5.41) is 3.31. The lowest BCUT2D eigenvalue weighted by molar-refractivity contribution is -0.135. The lowest BCUT2D eigenvalue weighted by Gasteiger charge is -2.33. The van der Waals surface area contributed by atoms with E-state index in [1.807, 2.05) is 18.7 Å². The number of nitrogens with zero attached hydrogens (tertiary/aromatic N) is 1. The Bertz CT molecular complexity index is 168. The third-order valence-corrected chi connectivity index (χ3v) is 2.17. The minimum absolute atomic E-state index is 0.135. The van der Waals surface area contributed by atoms with Gasteiger partial charge >= 0.3 is 0 Å². The van der Waals surface area contributed by atoms with Crippen molar-refractivity contribution >= 4 is 5.91 Å². The van der Waals surface area contributed by atoms with E-state index in [0.717, 1.165) is 19.6 Å². The van der Waals surface area contributed by atoms with Crippen molar-refractivity contribution in [3.8, 4) is 0 Å². The normalized spacial score (nSPS) is 24.7. The first kappa shape index (κ1) is 9.52. The third kappa shape index (κ3) is 2.21. The summed E-state index contributed by atoms with van der Waals surface area (Å²) in [6, 6.07) is 0.446. The van der Waals surface area contributed by atoms with E-state index < -0.39 is 0 Å². The smallest absolute Gasteiger partial charge is 0.225 e. The van der Waals surface area contributed by atoms with Crippen molar-refractivity contribution in [2.45, 2.75) is 26.8 Å². The van der Waals surface area contributed by atoms with Gasteiger partial charge in [-0.3, -0.25) is 4.79 Å². The molecule has 0 radical (unpaired) electrons. The molecule has 1 rings (SSSR count). The van der Waals surface area contributed by atoms with Crippen molar-refractivity contribution < 1.29 is 4.79 Å². The predicted molar refractivity (Wildman–Crippen MR) is 48.9 cm³/mol. The van der Waals surface area contributed by atoms with Crippen LogP contribution < -0.4 is 5.32 Å². The van der Waals surface area contributed by atoms with Crippen LogP contribution in [0, 0.1) is 5.92 Å². The molecule has 3 nitrogen and oxygen atoms in total. The van der Waals surface area contributed by atoms with E-state index in [2.05, 4.69) is 12.2 Å². The van der Waals surface area contributed by atoms with Gasteiger partial charge in [-0.25, -0.2) is 0 Å². The SMILES string of the molecule is CC(C)C(=O)N1CCN[C@H](C)C1. The topological polar surface area (TPSA) is 32.3 Å². The summed E-state index contributed by atoms with van der Waals surface area (Å²) < 4.78 is 0. The van der Waals surface area contributed by atoms with Gasteiger partial charge in [-0.15, -0.1) is 0 Å². The highest BCUT2D eigenvalue weighted by molar-refractivity contribution is 5.78. The van der Waals surface area contributed by atoms with E-state index >= 15 is 0 Å². The van der Waals surface area contributed by atoms with Crippen LogP contribution >= 0.6 is 0 Å². The summed E-state index contributed by atoms with van der Waals surface area (Å²) in [4.78, 5) is 13.5. The second-order valence-electron chi connectivity index (χ2n) is 3.79. The van der Waals surface area contributed by atoms with Crippen LogP contribution in [0.4, 0.5) is 0 Å². The number of carbonyl (C=O) groups is 1. The lowest BCUT2D eigenvalue weighted by Crippen LogP contribution is -2.52. The van der Waals surface area contributed by atoms with E-state index in [-0.39, 0.29) is 11.8 Å². The maximum absolute atomic E-state index is 11.5. The summed E-state index contributed by atoms with van der Waals surface area (Å²) in [7, 11) is 0. The molecule has 0 unspecified atom stereocenters. The Labute approximate surface area is 74.1 Å². The molecule has 12 heavy (non-hydrogen) atoms. The fourth-order valence-electron chi connectivity index (χ4n) is 1.50. The molecule has 0 aromatic rings. The zero-order chi connectivity index (χ0) is 9.14. The Morgan fingerprint density at radius 3 is 2.75 bits per heavy atom. The van der Waals surface area contributed by atoms with Gasteiger partial charge < -0.3 is 10.2 Å². The van der Waals surface area contributed by atoms with Gasteiger partial charge in [-0.2, -0.15) is 0 Å². The number of nitrogens with one attached hydrogen (secondary N) is 1. The van der Waals surface area contributed by atoms with Crippen LogP contribution in [-0.4, -0.2) is 36.5 Å². The predicted octanol–water partition coefficient (Wildman–Crippen LogP) is 0.463. The molecule has 0 bridgehead atoms. The maximum Gasteiger partial charge on any atom is 0.225 e. The Morgan fingerprint density at radius 2 is 2.25 bits per heavy atom. The molecule has 0 aromatic carbocycles. The zero-order valence-electron chi connectivity index (χ0n) is 8.13. The summed E-state index contributed by atoms with van der Waals surface area (Å²) >= 11 is 0. The van der Waals surface area contributed by atoms with Gasteiger partial charge in [0, 0.05) is 31.6 Å². The summed E-state index contributed by atoms with van der Waals surface area (Å²) in [5.41, 5.74) is 0. The molecule has 1 atom stereocenters. The van der Waals surface area contributed by atoms with Crippen LogP contribution in [0.2, 0.25) is 0 Å². The minimum Gasteiger partial charge on any atom is -0.340 e. The molecule has 1 fully saturated rings. The molecule has 3 heteroatoms. The molecule has 70 valence electrons. The first-order valence-electron chi connectivity index (χ1n) is 4.63. The number of hydrogen-bond acceptors (Lipinski definition) is 2. The number of rotatable bonds is 1. The first-order chi connectivity index (χ1) is 5.61. The molecule has 1 saturated heterocycles. The molecule has 0 aromatic heterocycles. The van der Waals surface area contributed by atoms with Crippen molar-refractivity contribution in [2.75, 3.05) is 19.6 Å². The van der Waals surface area contributed by atoms with Crippen LogP contribution in [0.15, 0.2) is 0 Å². The molecule has 1 aliphatic heterocycles. The monoisotopic (exact) mass is 170 g/mol. The Balaban J connectivity index is 2.46. The first-order valence-corrected chi connectivity index (χ1v) is 4.63. The zero-order valence-corrected chi connectivity index (χ0v) is 8.13. The fraction of sp³-hybridized carbons (Fsp3) is 0.889. The average molecular weight is 170 g/mol. The second kappa shape index (κ2) is 3.90. The molecular weight excluding hydrogens is 152 g/mol.